The fourth-order valence-electron chi connectivity index (χ4n) is 4.60. The molecule has 0 unspecified atom stereocenters. The van der Waals surface area contributed by atoms with Crippen LogP contribution in [0.3, 0.4) is 0 Å². The van der Waals surface area contributed by atoms with Crippen molar-refractivity contribution < 1.29 is 18.3 Å². The van der Waals surface area contributed by atoms with E-state index in [9.17, 15) is 18.8 Å². The number of aliphatic hydroxyl groups is 1. The van der Waals surface area contributed by atoms with E-state index in [4.69, 9.17) is 4.74 Å². The lowest BCUT2D eigenvalue weighted by Crippen LogP contribution is -2.46. The number of sulfonamides is 1. The summed E-state index contributed by atoms with van der Waals surface area (Å²) in [6.45, 7) is 4.60. The first-order valence-electron chi connectivity index (χ1n) is 13.1. The Kier molecular flexibility index (Phi) is 9.10. The van der Waals surface area contributed by atoms with Crippen LogP contribution in [-0.4, -0.2) is 44.6 Å². The van der Waals surface area contributed by atoms with Crippen LogP contribution in [0.5, 0.6) is 5.75 Å². The molecule has 0 heterocycles. The molecular formula is C32H35N3O4S. The van der Waals surface area contributed by atoms with E-state index in [1.165, 1.54) is 26.7 Å². The summed E-state index contributed by atoms with van der Waals surface area (Å²) in [4.78, 5) is 0. The summed E-state index contributed by atoms with van der Waals surface area (Å²) in [5.41, 5.74) is 2.32. The third-order valence-corrected chi connectivity index (χ3v) is 7.79. The van der Waals surface area contributed by atoms with E-state index < -0.39 is 16.1 Å². The first-order chi connectivity index (χ1) is 19.0. The molecule has 0 aromatic heterocycles. The molecule has 4 aromatic rings. The second-order valence-corrected chi connectivity index (χ2v) is 12.5. The number of aliphatic hydroxyl groups excluding tert-OH is 1. The molecule has 40 heavy (non-hydrogen) atoms. The molecule has 0 aliphatic carbocycles. The molecule has 8 heteroatoms. The number of nitrogens with zero attached hydrogens (tertiary/aromatic N) is 2. The highest BCUT2D eigenvalue weighted by molar-refractivity contribution is 7.92. The normalized spacial score (nSPS) is 12.6. The molecule has 0 aliphatic rings. The predicted octanol–water partition coefficient (Wildman–Crippen LogP) is 5.03. The monoisotopic (exact) mass is 557 g/mol. The molecule has 4 aromatic carbocycles. The van der Waals surface area contributed by atoms with Crippen molar-refractivity contribution in [2.24, 2.45) is 0 Å². The van der Waals surface area contributed by atoms with Gasteiger partial charge in [0.15, 0.2) is 0 Å². The SMILES string of the molecule is CC(C)(Cc1ccc2ccccc2c1)NC[C@H](O)COc1ccc(N(Cc2ccccc2)S(C)(=O)=O)cc1C#N. The van der Waals surface area contributed by atoms with Crippen LogP contribution < -0.4 is 14.4 Å². The number of β-amino-alcohol motifs (C(OH)–C–C–N with tert-alkyl or cyclic N) is 1. The molecule has 208 valence electrons. The molecule has 0 saturated heterocycles. The highest BCUT2D eigenvalue weighted by Gasteiger charge is 2.22. The van der Waals surface area contributed by atoms with Crippen LogP contribution in [0.25, 0.3) is 10.8 Å². The van der Waals surface area contributed by atoms with Crippen molar-refractivity contribution in [3.8, 4) is 11.8 Å². The van der Waals surface area contributed by atoms with Crippen LogP contribution in [-0.2, 0) is 23.0 Å². The van der Waals surface area contributed by atoms with Crippen LogP contribution in [0.1, 0.15) is 30.5 Å². The first-order valence-corrected chi connectivity index (χ1v) is 15.0. The minimum absolute atomic E-state index is 0.0209. The minimum Gasteiger partial charge on any atom is -0.489 e. The standard InChI is InChI=1S/C32H35N3O4S/c1-32(2,19-25-13-14-26-11-7-8-12-27(26)17-25)34-21-30(36)23-39-31-16-15-29(18-28(31)20-33)35(40(3,37)38)22-24-9-5-4-6-10-24/h4-18,30,34,36H,19,21-23H2,1-3H3/t30-/m0/s1. The van der Waals surface area contributed by atoms with Gasteiger partial charge in [0.1, 0.15) is 24.5 Å². The van der Waals surface area contributed by atoms with Crippen molar-refractivity contribution in [1.29, 1.82) is 5.26 Å². The van der Waals surface area contributed by atoms with Crippen LogP contribution >= 0.6 is 0 Å². The van der Waals surface area contributed by atoms with E-state index in [-0.39, 0.29) is 30.0 Å². The maximum Gasteiger partial charge on any atom is 0.232 e. The van der Waals surface area contributed by atoms with Gasteiger partial charge in [0, 0.05) is 12.1 Å². The Bertz CT molecular complexity index is 1600. The Morgan fingerprint density at radius 1 is 0.950 bits per heavy atom. The second-order valence-electron chi connectivity index (χ2n) is 10.6. The van der Waals surface area contributed by atoms with Gasteiger partial charge in [-0.3, -0.25) is 4.31 Å². The lowest BCUT2D eigenvalue weighted by atomic mass is 9.93. The number of nitriles is 1. The fourth-order valence-corrected chi connectivity index (χ4v) is 5.48. The van der Waals surface area contributed by atoms with Crippen molar-refractivity contribution >= 4 is 26.5 Å². The predicted molar refractivity (Wildman–Crippen MR) is 160 cm³/mol. The topological polar surface area (TPSA) is 103 Å². The number of anilines is 1. The summed E-state index contributed by atoms with van der Waals surface area (Å²) in [6, 6.07) is 30.7. The summed E-state index contributed by atoms with van der Waals surface area (Å²) in [6.07, 6.45) is 1.11. The summed E-state index contributed by atoms with van der Waals surface area (Å²) in [5, 5.41) is 26.1. The molecule has 1 atom stereocenters. The largest absolute Gasteiger partial charge is 0.489 e. The summed E-state index contributed by atoms with van der Waals surface area (Å²) >= 11 is 0. The van der Waals surface area contributed by atoms with E-state index >= 15 is 0 Å². The molecule has 0 amide bonds. The molecule has 2 N–H and O–H groups in total. The average molecular weight is 558 g/mol. The van der Waals surface area contributed by atoms with E-state index in [0.29, 0.717) is 12.2 Å². The number of hydrogen-bond acceptors (Lipinski definition) is 6. The molecule has 4 rings (SSSR count). The van der Waals surface area contributed by atoms with E-state index in [2.05, 4.69) is 55.6 Å². The van der Waals surface area contributed by atoms with Gasteiger partial charge < -0.3 is 15.2 Å². The Hall–Kier alpha value is -3.90. The summed E-state index contributed by atoms with van der Waals surface area (Å²) < 4.78 is 32.1. The summed E-state index contributed by atoms with van der Waals surface area (Å²) in [5.74, 6) is 0.286. The fraction of sp³-hybridized carbons (Fsp3) is 0.281. The van der Waals surface area contributed by atoms with Gasteiger partial charge in [-0.15, -0.1) is 0 Å². The molecule has 0 saturated carbocycles. The van der Waals surface area contributed by atoms with Crippen LogP contribution in [0, 0.1) is 11.3 Å². The Morgan fingerprint density at radius 2 is 1.65 bits per heavy atom. The summed E-state index contributed by atoms with van der Waals surface area (Å²) in [7, 11) is -3.60. The van der Waals surface area contributed by atoms with Crippen molar-refractivity contribution in [3.05, 3.63) is 108 Å². The maximum atomic E-state index is 12.5. The smallest absolute Gasteiger partial charge is 0.232 e. The first kappa shape index (κ1) is 29.1. The third-order valence-electron chi connectivity index (χ3n) is 6.65. The molecule has 7 nitrogen and oxygen atoms in total. The Balaban J connectivity index is 1.36. The third kappa shape index (κ3) is 7.82. The molecule has 0 spiro atoms. The van der Waals surface area contributed by atoms with Crippen LogP contribution in [0.2, 0.25) is 0 Å². The van der Waals surface area contributed by atoms with Gasteiger partial charge in [0.2, 0.25) is 10.0 Å². The number of ether oxygens (including phenoxy) is 1. The number of hydrogen-bond donors (Lipinski definition) is 2. The Labute approximate surface area is 236 Å². The molecule has 0 aliphatic heterocycles. The van der Waals surface area contributed by atoms with Crippen LogP contribution in [0.15, 0.2) is 91.0 Å². The van der Waals surface area contributed by atoms with E-state index in [0.717, 1.165) is 18.2 Å². The zero-order valence-corrected chi connectivity index (χ0v) is 23.9. The van der Waals surface area contributed by atoms with Gasteiger partial charge >= 0.3 is 0 Å². The van der Waals surface area contributed by atoms with Crippen molar-refractivity contribution in [1.82, 2.24) is 5.32 Å². The molecular weight excluding hydrogens is 522 g/mol. The van der Waals surface area contributed by atoms with Gasteiger partial charge in [-0.05, 0) is 60.4 Å². The van der Waals surface area contributed by atoms with Gasteiger partial charge in [-0.25, -0.2) is 8.42 Å². The molecule has 0 radical (unpaired) electrons. The van der Waals surface area contributed by atoms with Crippen LogP contribution in [0.4, 0.5) is 5.69 Å². The van der Waals surface area contributed by atoms with E-state index in [1.807, 2.05) is 42.5 Å². The Morgan fingerprint density at radius 3 is 2.35 bits per heavy atom. The zero-order chi connectivity index (χ0) is 28.8. The average Bonchev–Trinajstić information content (AvgIpc) is 2.93. The quantitative estimate of drug-likeness (QED) is 0.253. The highest BCUT2D eigenvalue weighted by Crippen LogP contribution is 2.28. The number of nitrogens with one attached hydrogen (secondary N) is 1. The number of fused-ring (bicyclic) bond motifs is 1. The van der Waals surface area contributed by atoms with Gasteiger partial charge in [0.05, 0.1) is 24.1 Å². The van der Waals surface area contributed by atoms with Crippen molar-refractivity contribution in [2.75, 3.05) is 23.7 Å². The van der Waals surface area contributed by atoms with Gasteiger partial charge in [-0.2, -0.15) is 5.26 Å². The zero-order valence-electron chi connectivity index (χ0n) is 23.0. The second kappa shape index (κ2) is 12.5. The van der Waals surface area contributed by atoms with Crippen molar-refractivity contribution in [2.45, 2.75) is 38.5 Å². The minimum atomic E-state index is -3.60. The van der Waals surface area contributed by atoms with Crippen molar-refractivity contribution in [3.63, 3.8) is 0 Å². The lowest BCUT2D eigenvalue weighted by molar-refractivity contribution is 0.0987. The molecule has 0 bridgehead atoms. The van der Waals surface area contributed by atoms with Gasteiger partial charge in [-0.1, -0.05) is 72.8 Å². The molecule has 0 fully saturated rings. The van der Waals surface area contributed by atoms with E-state index in [1.54, 1.807) is 12.1 Å². The van der Waals surface area contributed by atoms with Gasteiger partial charge in [0.25, 0.3) is 0 Å². The number of benzene rings is 4. The lowest BCUT2D eigenvalue weighted by Gasteiger charge is -2.28. The highest BCUT2D eigenvalue weighted by atomic mass is 32.2. The number of rotatable bonds is 12. The maximum absolute atomic E-state index is 12.5.